The van der Waals surface area contributed by atoms with Crippen molar-refractivity contribution in [2.75, 3.05) is 12.8 Å². The van der Waals surface area contributed by atoms with Gasteiger partial charge in [-0.2, -0.15) is 0 Å². The summed E-state index contributed by atoms with van der Waals surface area (Å²) in [7, 11) is 1.66. The molecule has 2 aromatic rings. The Morgan fingerprint density at radius 2 is 1.90 bits per heavy atom. The number of hydrazine groups is 1. The van der Waals surface area contributed by atoms with Crippen molar-refractivity contribution < 1.29 is 4.74 Å². The first-order chi connectivity index (χ1) is 10.1. The molecule has 0 heterocycles. The quantitative estimate of drug-likeness (QED) is 0.436. The number of nitrogens with one attached hydrogen (secondary N) is 1. The van der Waals surface area contributed by atoms with E-state index in [4.69, 9.17) is 27.9 Å². The Bertz CT molecular complexity index is 587. The molecule has 0 saturated carbocycles. The van der Waals surface area contributed by atoms with Gasteiger partial charge < -0.3 is 10.5 Å². The topological polar surface area (TPSA) is 73.3 Å². The van der Waals surface area contributed by atoms with Crippen LogP contribution in [0.1, 0.15) is 23.6 Å². The van der Waals surface area contributed by atoms with Crippen LogP contribution in [0.3, 0.4) is 0 Å². The van der Waals surface area contributed by atoms with Crippen LogP contribution in [0.2, 0.25) is 5.02 Å². The lowest BCUT2D eigenvalue weighted by molar-refractivity contribution is 0.414. The van der Waals surface area contributed by atoms with Crippen LogP contribution in [-0.2, 0) is 6.42 Å². The molecule has 0 amide bonds. The van der Waals surface area contributed by atoms with Crippen LogP contribution >= 0.6 is 11.6 Å². The molecule has 0 saturated heterocycles. The summed E-state index contributed by atoms with van der Waals surface area (Å²) in [6, 6.07) is 13.5. The minimum Gasteiger partial charge on any atom is -0.497 e. The van der Waals surface area contributed by atoms with Gasteiger partial charge in [0.05, 0.1) is 7.11 Å². The van der Waals surface area contributed by atoms with Crippen molar-refractivity contribution >= 4 is 17.3 Å². The summed E-state index contributed by atoms with van der Waals surface area (Å²) in [6.45, 7) is 0. The second-order valence-electron chi connectivity index (χ2n) is 4.88. The lowest BCUT2D eigenvalue weighted by Gasteiger charge is -2.18. The fourth-order valence-electron chi connectivity index (χ4n) is 2.29. The Balaban J connectivity index is 2.04. The van der Waals surface area contributed by atoms with E-state index in [-0.39, 0.29) is 6.04 Å². The molecule has 2 rings (SSSR count). The van der Waals surface area contributed by atoms with Crippen molar-refractivity contribution in [2.24, 2.45) is 5.84 Å². The Morgan fingerprint density at radius 3 is 2.48 bits per heavy atom. The van der Waals surface area contributed by atoms with Gasteiger partial charge in [-0.25, -0.2) is 0 Å². The Hall–Kier alpha value is -1.75. The van der Waals surface area contributed by atoms with Gasteiger partial charge in [0.15, 0.2) is 0 Å². The summed E-state index contributed by atoms with van der Waals surface area (Å²) in [5, 5.41) is 0.627. The standard InChI is InChI=1S/C16H20ClN3O/c1-21-13-6-2-11(3-7-13)4-9-16(20-19)14-8-5-12(17)10-15(14)18/h2-3,5-8,10,16,20H,4,9,18-19H2,1H3. The normalized spacial score (nSPS) is 12.1. The van der Waals surface area contributed by atoms with E-state index in [1.165, 1.54) is 5.56 Å². The molecule has 112 valence electrons. The van der Waals surface area contributed by atoms with Gasteiger partial charge in [0.2, 0.25) is 0 Å². The zero-order valence-electron chi connectivity index (χ0n) is 12.0. The fourth-order valence-corrected chi connectivity index (χ4v) is 2.48. The lowest BCUT2D eigenvalue weighted by Crippen LogP contribution is -2.29. The van der Waals surface area contributed by atoms with Crippen molar-refractivity contribution in [3.8, 4) is 5.75 Å². The third-order valence-corrected chi connectivity index (χ3v) is 3.74. The molecule has 0 aromatic heterocycles. The predicted octanol–water partition coefficient (Wildman–Crippen LogP) is 3.07. The number of anilines is 1. The van der Waals surface area contributed by atoms with Crippen LogP contribution in [0.4, 0.5) is 5.69 Å². The number of ether oxygens (including phenoxy) is 1. The minimum atomic E-state index is -0.00984. The number of aryl methyl sites for hydroxylation is 1. The maximum atomic E-state index is 6.01. The molecule has 1 unspecified atom stereocenters. The summed E-state index contributed by atoms with van der Waals surface area (Å²) in [5.74, 6) is 6.52. The number of rotatable bonds is 6. The number of halogens is 1. The SMILES string of the molecule is COc1ccc(CCC(NN)c2ccc(Cl)cc2N)cc1. The number of benzene rings is 2. The van der Waals surface area contributed by atoms with Gasteiger partial charge in [0.25, 0.3) is 0 Å². The third-order valence-electron chi connectivity index (χ3n) is 3.51. The largest absolute Gasteiger partial charge is 0.497 e. The summed E-state index contributed by atoms with van der Waals surface area (Å²) in [5.41, 5.74) is 11.7. The van der Waals surface area contributed by atoms with Gasteiger partial charge >= 0.3 is 0 Å². The fraction of sp³-hybridized carbons (Fsp3) is 0.250. The number of hydrogen-bond donors (Lipinski definition) is 3. The zero-order valence-corrected chi connectivity index (χ0v) is 12.7. The van der Waals surface area contributed by atoms with E-state index < -0.39 is 0 Å². The predicted molar refractivity (Wildman–Crippen MR) is 87.2 cm³/mol. The summed E-state index contributed by atoms with van der Waals surface area (Å²) >= 11 is 5.92. The molecule has 0 radical (unpaired) electrons. The van der Waals surface area contributed by atoms with E-state index in [9.17, 15) is 0 Å². The van der Waals surface area contributed by atoms with Crippen molar-refractivity contribution in [3.63, 3.8) is 0 Å². The summed E-state index contributed by atoms with van der Waals surface area (Å²) in [6.07, 6.45) is 1.73. The number of methoxy groups -OCH3 is 1. The van der Waals surface area contributed by atoms with E-state index >= 15 is 0 Å². The Labute approximate surface area is 130 Å². The molecule has 0 aliphatic rings. The van der Waals surface area contributed by atoms with Gasteiger partial charge in [-0.15, -0.1) is 0 Å². The molecule has 5 heteroatoms. The molecule has 5 N–H and O–H groups in total. The first kappa shape index (κ1) is 15.6. The van der Waals surface area contributed by atoms with Gasteiger partial charge in [0, 0.05) is 16.8 Å². The minimum absolute atomic E-state index is 0.00984. The van der Waals surface area contributed by atoms with E-state index in [0.29, 0.717) is 10.7 Å². The number of nitrogens with two attached hydrogens (primary N) is 2. The molecular formula is C16H20ClN3O. The smallest absolute Gasteiger partial charge is 0.118 e. The van der Waals surface area contributed by atoms with Crippen molar-refractivity contribution in [1.82, 2.24) is 5.43 Å². The molecule has 0 fully saturated rings. The van der Waals surface area contributed by atoms with Crippen LogP contribution in [-0.4, -0.2) is 7.11 Å². The van der Waals surface area contributed by atoms with Crippen molar-refractivity contribution in [1.29, 1.82) is 0 Å². The molecule has 0 bridgehead atoms. The number of hydrogen-bond acceptors (Lipinski definition) is 4. The average Bonchev–Trinajstić information content (AvgIpc) is 2.50. The second kappa shape index (κ2) is 7.31. The summed E-state index contributed by atoms with van der Waals surface area (Å²) in [4.78, 5) is 0. The van der Waals surface area contributed by atoms with Crippen LogP contribution in [0.15, 0.2) is 42.5 Å². The molecular weight excluding hydrogens is 286 g/mol. The Kier molecular flexibility index (Phi) is 5.44. The maximum absolute atomic E-state index is 6.01. The van der Waals surface area contributed by atoms with Crippen LogP contribution in [0, 0.1) is 0 Å². The lowest BCUT2D eigenvalue weighted by atomic mass is 9.98. The molecule has 2 aromatic carbocycles. The molecule has 0 aliphatic heterocycles. The highest BCUT2D eigenvalue weighted by Gasteiger charge is 2.13. The third kappa shape index (κ3) is 4.11. The summed E-state index contributed by atoms with van der Waals surface area (Å²) < 4.78 is 5.15. The van der Waals surface area contributed by atoms with Gasteiger partial charge in [-0.3, -0.25) is 11.3 Å². The molecule has 1 atom stereocenters. The van der Waals surface area contributed by atoms with Gasteiger partial charge in [-0.1, -0.05) is 29.8 Å². The van der Waals surface area contributed by atoms with E-state index in [2.05, 4.69) is 17.6 Å². The Morgan fingerprint density at radius 1 is 1.19 bits per heavy atom. The highest BCUT2D eigenvalue weighted by Crippen LogP contribution is 2.27. The van der Waals surface area contributed by atoms with Gasteiger partial charge in [-0.05, 0) is 48.2 Å². The van der Waals surface area contributed by atoms with Crippen molar-refractivity contribution in [3.05, 3.63) is 58.6 Å². The molecule has 4 nitrogen and oxygen atoms in total. The van der Waals surface area contributed by atoms with Crippen molar-refractivity contribution in [2.45, 2.75) is 18.9 Å². The van der Waals surface area contributed by atoms with Crippen LogP contribution < -0.4 is 21.7 Å². The molecule has 21 heavy (non-hydrogen) atoms. The first-order valence-corrected chi connectivity index (χ1v) is 7.16. The maximum Gasteiger partial charge on any atom is 0.118 e. The highest BCUT2D eigenvalue weighted by molar-refractivity contribution is 6.30. The monoisotopic (exact) mass is 305 g/mol. The molecule has 0 aliphatic carbocycles. The average molecular weight is 306 g/mol. The molecule has 0 spiro atoms. The first-order valence-electron chi connectivity index (χ1n) is 6.78. The van der Waals surface area contributed by atoms with E-state index in [1.54, 1.807) is 13.2 Å². The highest BCUT2D eigenvalue weighted by atomic mass is 35.5. The van der Waals surface area contributed by atoms with E-state index in [0.717, 1.165) is 24.2 Å². The van der Waals surface area contributed by atoms with E-state index in [1.807, 2.05) is 24.3 Å². The zero-order chi connectivity index (χ0) is 15.2. The second-order valence-corrected chi connectivity index (χ2v) is 5.32. The van der Waals surface area contributed by atoms with Crippen LogP contribution in [0.5, 0.6) is 5.75 Å². The number of nitrogen functional groups attached to an aromatic ring is 1. The van der Waals surface area contributed by atoms with Gasteiger partial charge in [0.1, 0.15) is 5.75 Å². The van der Waals surface area contributed by atoms with Crippen LogP contribution in [0.25, 0.3) is 0 Å².